The van der Waals surface area contributed by atoms with Gasteiger partial charge in [0.25, 0.3) is 5.56 Å². The van der Waals surface area contributed by atoms with E-state index in [4.69, 9.17) is 9.72 Å². The summed E-state index contributed by atoms with van der Waals surface area (Å²) in [6.07, 6.45) is 10.8. The number of rotatable bonds is 9. The second-order valence-corrected chi connectivity index (χ2v) is 11.6. The van der Waals surface area contributed by atoms with Crippen molar-refractivity contribution in [2.75, 3.05) is 18.2 Å². The molecule has 0 bridgehead atoms. The Bertz CT molecular complexity index is 1600. The van der Waals surface area contributed by atoms with E-state index in [1.54, 1.807) is 30.1 Å². The van der Waals surface area contributed by atoms with Crippen LogP contribution >= 0.6 is 0 Å². The third-order valence-electron chi connectivity index (χ3n) is 7.30. The molecule has 0 amide bonds. The SMILES string of the molecule is CCS(=O)c1ccc(CNc2nc3cnc(-c4c(OC)ncnc4C4CC4)nc3n(C3CCCC3)c2=O)nc1. The van der Waals surface area contributed by atoms with Gasteiger partial charge in [-0.1, -0.05) is 19.8 Å². The molecule has 2 aliphatic rings. The largest absolute Gasteiger partial charge is 0.480 e. The van der Waals surface area contributed by atoms with E-state index >= 15 is 0 Å². The first-order valence-electron chi connectivity index (χ1n) is 13.3. The molecule has 0 saturated heterocycles. The Kier molecular flexibility index (Phi) is 7.03. The van der Waals surface area contributed by atoms with E-state index in [1.165, 1.54) is 6.33 Å². The zero-order chi connectivity index (χ0) is 26.9. The summed E-state index contributed by atoms with van der Waals surface area (Å²) in [6, 6.07) is 3.65. The molecular weight excluding hydrogens is 516 g/mol. The minimum Gasteiger partial charge on any atom is -0.480 e. The summed E-state index contributed by atoms with van der Waals surface area (Å²) in [7, 11) is 0.513. The summed E-state index contributed by atoms with van der Waals surface area (Å²) in [5.41, 5.74) is 3.08. The molecule has 0 aromatic carbocycles. The zero-order valence-electron chi connectivity index (χ0n) is 22.0. The van der Waals surface area contributed by atoms with Gasteiger partial charge in [0.2, 0.25) is 5.88 Å². The van der Waals surface area contributed by atoms with Crippen LogP contribution in [0, 0.1) is 0 Å². The molecule has 0 aliphatic heterocycles. The number of nitrogens with zero attached hydrogens (tertiary/aromatic N) is 7. The molecular formula is C27H30N8O3S. The molecule has 1 unspecified atom stereocenters. The van der Waals surface area contributed by atoms with E-state index in [0.717, 1.165) is 49.9 Å². The molecule has 4 aromatic heterocycles. The molecule has 1 N–H and O–H groups in total. The van der Waals surface area contributed by atoms with Gasteiger partial charge in [-0.05, 0) is 37.8 Å². The lowest BCUT2D eigenvalue weighted by atomic mass is 10.1. The van der Waals surface area contributed by atoms with Crippen molar-refractivity contribution in [3.63, 3.8) is 0 Å². The lowest BCUT2D eigenvalue weighted by molar-refractivity contribution is 0.397. The molecule has 1 atom stereocenters. The molecule has 6 rings (SSSR count). The number of fused-ring (bicyclic) bond motifs is 1. The van der Waals surface area contributed by atoms with Gasteiger partial charge in [0.1, 0.15) is 17.4 Å². The molecule has 2 saturated carbocycles. The van der Waals surface area contributed by atoms with Gasteiger partial charge in [-0.25, -0.2) is 24.9 Å². The van der Waals surface area contributed by atoms with Crippen molar-refractivity contribution in [2.45, 2.75) is 68.8 Å². The number of pyridine rings is 1. The highest BCUT2D eigenvalue weighted by Crippen LogP contribution is 2.45. The van der Waals surface area contributed by atoms with Crippen molar-refractivity contribution in [1.82, 2.24) is 34.5 Å². The average molecular weight is 547 g/mol. The van der Waals surface area contributed by atoms with Gasteiger partial charge in [0.15, 0.2) is 17.3 Å². The van der Waals surface area contributed by atoms with E-state index in [2.05, 4.69) is 30.2 Å². The molecule has 12 heteroatoms. The van der Waals surface area contributed by atoms with Crippen LogP contribution in [-0.2, 0) is 17.3 Å². The minimum atomic E-state index is -1.06. The smallest absolute Gasteiger partial charge is 0.295 e. The first kappa shape index (κ1) is 25.5. The molecule has 11 nitrogen and oxygen atoms in total. The van der Waals surface area contributed by atoms with Crippen LogP contribution in [0.5, 0.6) is 5.88 Å². The van der Waals surface area contributed by atoms with Crippen LogP contribution in [-0.4, -0.2) is 51.5 Å². The third kappa shape index (κ3) is 5.00. The summed E-state index contributed by atoms with van der Waals surface area (Å²) in [4.78, 5) is 41.8. The van der Waals surface area contributed by atoms with Crippen molar-refractivity contribution < 1.29 is 8.95 Å². The third-order valence-corrected chi connectivity index (χ3v) is 8.60. The fourth-order valence-electron chi connectivity index (χ4n) is 5.14. The Morgan fingerprint density at radius 3 is 2.56 bits per heavy atom. The normalized spacial score (nSPS) is 16.5. The number of hydrogen-bond acceptors (Lipinski definition) is 10. The van der Waals surface area contributed by atoms with E-state index in [-0.39, 0.29) is 17.4 Å². The van der Waals surface area contributed by atoms with E-state index in [9.17, 15) is 9.00 Å². The maximum absolute atomic E-state index is 13.8. The van der Waals surface area contributed by atoms with Gasteiger partial charge in [-0.15, -0.1) is 0 Å². The minimum absolute atomic E-state index is 0.0320. The van der Waals surface area contributed by atoms with Crippen molar-refractivity contribution >= 4 is 27.8 Å². The van der Waals surface area contributed by atoms with Crippen LogP contribution in [0.3, 0.4) is 0 Å². The topological polar surface area (TPSA) is 138 Å². The maximum atomic E-state index is 13.8. The van der Waals surface area contributed by atoms with E-state index in [1.807, 2.05) is 13.0 Å². The van der Waals surface area contributed by atoms with Gasteiger partial charge in [0, 0.05) is 23.9 Å². The second kappa shape index (κ2) is 10.8. The van der Waals surface area contributed by atoms with Crippen LogP contribution in [0.1, 0.15) is 68.8 Å². The molecule has 0 spiro atoms. The fourth-order valence-corrected chi connectivity index (χ4v) is 5.87. The number of hydrogen-bond donors (Lipinski definition) is 1. The van der Waals surface area contributed by atoms with E-state index < -0.39 is 10.8 Å². The molecule has 202 valence electrons. The summed E-state index contributed by atoms with van der Waals surface area (Å²) in [6.45, 7) is 2.18. The quantitative estimate of drug-likeness (QED) is 0.330. The Morgan fingerprint density at radius 1 is 1.05 bits per heavy atom. The van der Waals surface area contributed by atoms with Crippen molar-refractivity contribution in [3.05, 3.63) is 52.6 Å². The zero-order valence-corrected chi connectivity index (χ0v) is 22.8. The number of nitrogens with one attached hydrogen (secondary N) is 1. The predicted octanol–water partition coefficient (Wildman–Crippen LogP) is 3.78. The highest BCUT2D eigenvalue weighted by atomic mass is 32.2. The van der Waals surface area contributed by atoms with Gasteiger partial charge in [0.05, 0.1) is 46.9 Å². The van der Waals surface area contributed by atoms with Crippen molar-refractivity contribution in [1.29, 1.82) is 0 Å². The van der Waals surface area contributed by atoms with Crippen molar-refractivity contribution in [2.24, 2.45) is 0 Å². The number of ether oxygens (including phenoxy) is 1. The highest BCUT2D eigenvalue weighted by Gasteiger charge is 2.32. The van der Waals surface area contributed by atoms with Crippen molar-refractivity contribution in [3.8, 4) is 17.3 Å². The molecule has 2 aliphatic carbocycles. The van der Waals surface area contributed by atoms with Crippen LogP contribution < -0.4 is 15.6 Å². The number of methoxy groups -OCH3 is 1. The van der Waals surface area contributed by atoms with Gasteiger partial charge < -0.3 is 10.1 Å². The predicted molar refractivity (Wildman–Crippen MR) is 147 cm³/mol. The summed E-state index contributed by atoms with van der Waals surface area (Å²) >= 11 is 0. The first-order chi connectivity index (χ1) is 19.1. The standard InChI is InChI=1S/C27H30N8O3S/c1-3-39(37)19-11-10-17(28-13-19)12-29-24-27(36)35(18-6-4-5-7-18)25-20(33-24)14-30-23(34-25)21-22(16-8-9-16)31-15-32-26(21)38-2/h10-11,13-16,18H,3-9,12H2,1-2H3,(H,29,33). The van der Waals surface area contributed by atoms with Gasteiger partial charge in [-0.3, -0.25) is 18.6 Å². The highest BCUT2D eigenvalue weighted by molar-refractivity contribution is 7.85. The summed E-state index contributed by atoms with van der Waals surface area (Å²) in [5, 5.41) is 3.17. The molecule has 4 heterocycles. The van der Waals surface area contributed by atoms with Gasteiger partial charge >= 0.3 is 0 Å². The Balaban J connectivity index is 1.40. The Hall–Kier alpha value is -3.80. The molecule has 4 aromatic rings. The van der Waals surface area contributed by atoms with Crippen LogP contribution in [0.25, 0.3) is 22.6 Å². The summed E-state index contributed by atoms with van der Waals surface area (Å²) < 4.78 is 19.3. The second-order valence-electron chi connectivity index (χ2n) is 9.87. The summed E-state index contributed by atoms with van der Waals surface area (Å²) in [5.74, 6) is 1.96. The molecule has 0 radical (unpaired) electrons. The Labute approximate surface area is 228 Å². The molecule has 39 heavy (non-hydrogen) atoms. The number of aromatic nitrogens is 7. The van der Waals surface area contributed by atoms with Crippen LogP contribution in [0.2, 0.25) is 0 Å². The lowest BCUT2D eigenvalue weighted by Crippen LogP contribution is -2.28. The monoisotopic (exact) mass is 546 g/mol. The average Bonchev–Trinajstić information content (AvgIpc) is 3.69. The maximum Gasteiger partial charge on any atom is 0.295 e. The number of anilines is 1. The molecule has 2 fully saturated rings. The van der Waals surface area contributed by atoms with Crippen LogP contribution in [0.15, 0.2) is 40.5 Å². The lowest BCUT2D eigenvalue weighted by Gasteiger charge is -2.18. The Morgan fingerprint density at radius 2 is 1.87 bits per heavy atom. The van der Waals surface area contributed by atoms with Crippen LogP contribution in [0.4, 0.5) is 5.82 Å². The van der Waals surface area contributed by atoms with E-state index in [0.29, 0.717) is 51.5 Å². The van der Waals surface area contributed by atoms with Gasteiger partial charge in [-0.2, -0.15) is 0 Å². The first-order valence-corrected chi connectivity index (χ1v) is 14.6. The fraction of sp³-hybridized carbons (Fsp3) is 0.444.